The summed E-state index contributed by atoms with van der Waals surface area (Å²) in [7, 11) is 4.09. The standard InChI is InChI=1S/C19H41N5/c1-5-7-10-18(6-2)17-22-19(20-3)21-11-8-13-24-14-9-12-23(4)15-16-24/h18H,5-17H2,1-4H3,(H2,20,21,22). The van der Waals surface area contributed by atoms with Gasteiger partial charge in [-0.25, -0.2) is 0 Å². The van der Waals surface area contributed by atoms with E-state index in [9.17, 15) is 0 Å². The largest absolute Gasteiger partial charge is 0.356 e. The van der Waals surface area contributed by atoms with E-state index >= 15 is 0 Å². The minimum atomic E-state index is 0.762. The maximum atomic E-state index is 4.36. The van der Waals surface area contributed by atoms with Crippen LogP contribution in [-0.2, 0) is 0 Å². The molecule has 1 rings (SSSR count). The second-order valence-electron chi connectivity index (χ2n) is 7.15. The third-order valence-electron chi connectivity index (χ3n) is 5.08. The van der Waals surface area contributed by atoms with Gasteiger partial charge in [0.1, 0.15) is 0 Å². The highest BCUT2D eigenvalue weighted by Crippen LogP contribution is 2.11. The summed E-state index contributed by atoms with van der Waals surface area (Å²) in [5, 5.41) is 6.97. The van der Waals surface area contributed by atoms with Gasteiger partial charge in [-0.15, -0.1) is 0 Å². The molecule has 5 nitrogen and oxygen atoms in total. The highest BCUT2D eigenvalue weighted by Gasteiger charge is 2.11. The van der Waals surface area contributed by atoms with Crippen molar-refractivity contribution in [2.75, 3.05) is 59.9 Å². The minimum absolute atomic E-state index is 0.762. The van der Waals surface area contributed by atoms with Crippen LogP contribution in [0.25, 0.3) is 0 Å². The molecule has 24 heavy (non-hydrogen) atoms. The Balaban J connectivity index is 2.15. The number of nitrogens with one attached hydrogen (secondary N) is 2. The van der Waals surface area contributed by atoms with Crippen LogP contribution in [0.3, 0.4) is 0 Å². The zero-order valence-electron chi connectivity index (χ0n) is 16.6. The molecule has 2 N–H and O–H groups in total. The smallest absolute Gasteiger partial charge is 0.190 e. The lowest BCUT2D eigenvalue weighted by Crippen LogP contribution is -2.41. The molecule has 1 unspecified atom stereocenters. The van der Waals surface area contributed by atoms with E-state index in [1.165, 1.54) is 71.2 Å². The minimum Gasteiger partial charge on any atom is -0.356 e. The third-order valence-corrected chi connectivity index (χ3v) is 5.08. The number of nitrogens with zero attached hydrogens (tertiary/aromatic N) is 3. The molecule has 1 atom stereocenters. The van der Waals surface area contributed by atoms with Gasteiger partial charge in [-0.1, -0.05) is 33.1 Å². The molecule has 0 saturated carbocycles. The summed E-state index contributed by atoms with van der Waals surface area (Å²) >= 11 is 0. The number of hydrogen-bond acceptors (Lipinski definition) is 3. The van der Waals surface area contributed by atoms with Gasteiger partial charge in [-0.2, -0.15) is 0 Å². The van der Waals surface area contributed by atoms with Crippen LogP contribution in [-0.4, -0.2) is 75.7 Å². The summed E-state index contributed by atoms with van der Waals surface area (Å²) in [6.45, 7) is 12.7. The quantitative estimate of drug-likeness (QED) is 0.364. The zero-order chi connectivity index (χ0) is 17.6. The average Bonchev–Trinajstić information content (AvgIpc) is 2.81. The average molecular weight is 340 g/mol. The van der Waals surface area contributed by atoms with Crippen molar-refractivity contribution >= 4 is 5.96 Å². The van der Waals surface area contributed by atoms with Crippen LogP contribution >= 0.6 is 0 Å². The molecule has 1 aliphatic rings. The first-order chi connectivity index (χ1) is 11.7. The summed E-state index contributed by atoms with van der Waals surface area (Å²) in [6.07, 6.45) is 7.65. The molecule has 1 saturated heterocycles. The second-order valence-corrected chi connectivity index (χ2v) is 7.15. The van der Waals surface area contributed by atoms with E-state index in [-0.39, 0.29) is 0 Å². The fraction of sp³-hybridized carbons (Fsp3) is 0.947. The number of unbranched alkanes of at least 4 members (excludes halogenated alkanes) is 1. The molecular weight excluding hydrogens is 298 g/mol. The van der Waals surface area contributed by atoms with Crippen LogP contribution in [0.1, 0.15) is 52.4 Å². The van der Waals surface area contributed by atoms with Crippen molar-refractivity contribution in [1.82, 2.24) is 20.4 Å². The number of hydrogen-bond donors (Lipinski definition) is 2. The van der Waals surface area contributed by atoms with Gasteiger partial charge < -0.3 is 20.4 Å². The Morgan fingerprint density at radius 1 is 1.08 bits per heavy atom. The van der Waals surface area contributed by atoms with Crippen molar-refractivity contribution in [2.24, 2.45) is 10.9 Å². The van der Waals surface area contributed by atoms with E-state index in [0.717, 1.165) is 25.0 Å². The van der Waals surface area contributed by atoms with Crippen LogP contribution < -0.4 is 10.6 Å². The third kappa shape index (κ3) is 9.48. The molecule has 0 aromatic heterocycles. The summed E-state index contributed by atoms with van der Waals surface area (Å²) in [6, 6.07) is 0. The Morgan fingerprint density at radius 3 is 2.62 bits per heavy atom. The van der Waals surface area contributed by atoms with E-state index in [0.29, 0.717) is 0 Å². The van der Waals surface area contributed by atoms with Crippen molar-refractivity contribution < 1.29 is 0 Å². The van der Waals surface area contributed by atoms with Crippen LogP contribution in [0.2, 0.25) is 0 Å². The zero-order valence-corrected chi connectivity index (χ0v) is 16.6. The van der Waals surface area contributed by atoms with Gasteiger partial charge in [-0.05, 0) is 51.9 Å². The molecule has 0 aromatic carbocycles. The van der Waals surface area contributed by atoms with Crippen LogP contribution in [0.5, 0.6) is 0 Å². The van der Waals surface area contributed by atoms with E-state index in [1.54, 1.807) is 0 Å². The Bertz CT molecular complexity index is 332. The van der Waals surface area contributed by atoms with Crippen molar-refractivity contribution in [2.45, 2.75) is 52.4 Å². The van der Waals surface area contributed by atoms with Gasteiger partial charge >= 0.3 is 0 Å². The molecule has 0 spiro atoms. The van der Waals surface area contributed by atoms with Gasteiger partial charge in [0, 0.05) is 33.2 Å². The molecule has 1 fully saturated rings. The monoisotopic (exact) mass is 339 g/mol. The molecular formula is C19H41N5. The number of rotatable bonds is 10. The van der Waals surface area contributed by atoms with Crippen molar-refractivity contribution in [3.63, 3.8) is 0 Å². The number of guanidine groups is 1. The molecule has 0 bridgehead atoms. The van der Waals surface area contributed by atoms with Crippen LogP contribution in [0, 0.1) is 5.92 Å². The number of aliphatic imine (C=N–C) groups is 1. The molecule has 1 heterocycles. The molecule has 0 aromatic rings. The van der Waals surface area contributed by atoms with E-state index < -0.39 is 0 Å². The Hall–Kier alpha value is -0.810. The first-order valence-electron chi connectivity index (χ1n) is 10.0. The fourth-order valence-corrected chi connectivity index (χ4v) is 3.24. The first-order valence-corrected chi connectivity index (χ1v) is 10.0. The summed E-state index contributed by atoms with van der Waals surface area (Å²) < 4.78 is 0. The predicted molar refractivity (Wildman–Crippen MR) is 106 cm³/mol. The van der Waals surface area contributed by atoms with Gasteiger partial charge in [0.25, 0.3) is 0 Å². The lowest BCUT2D eigenvalue weighted by molar-refractivity contribution is 0.274. The van der Waals surface area contributed by atoms with Gasteiger partial charge in [0.15, 0.2) is 5.96 Å². The van der Waals surface area contributed by atoms with Crippen molar-refractivity contribution in [3.05, 3.63) is 0 Å². The molecule has 142 valence electrons. The van der Waals surface area contributed by atoms with Crippen molar-refractivity contribution in [3.8, 4) is 0 Å². The van der Waals surface area contributed by atoms with Crippen LogP contribution in [0.15, 0.2) is 4.99 Å². The van der Waals surface area contributed by atoms with E-state index in [2.05, 4.69) is 46.3 Å². The predicted octanol–water partition coefficient (Wildman–Crippen LogP) is 2.40. The summed E-state index contributed by atoms with van der Waals surface area (Å²) in [4.78, 5) is 9.39. The summed E-state index contributed by atoms with van der Waals surface area (Å²) in [5.41, 5.74) is 0. The van der Waals surface area contributed by atoms with E-state index in [4.69, 9.17) is 0 Å². The molecule has 1 aliphatic heterocycles. The highest BCUT2D eigenvalue weighted by atomic mass is 15.2. The maximum Gasteiger partial charge on any atom is 0.190 e. The SMILES string of the molecule is CCCCC(CC)CNC(=NC)NCCCN1CCCN(C)CC1. The maximum absolute atomic E-state index is 4.36. The second kappa shape index (κ2) is 13.5. The Morgan fingerprint density at radius 2 is 1.92 bits per heavy atom. The topological polar surface area (TPSA) is 42.9 Å². The normalized spacial score (nSPS) is 19.1. The lowest BCUT2D eigenvalue weighted by atomic mass is 9.99. The molecule has 0 radical (unpaired) electrons. The molecule has 0 aliphatic carbocycles. The first kappa shape index (κ1) is 21.2. The Labute approximate surface area is 150 Å². The Kier molecular flexibility index (Phi) is 11.9. The van der Waals surface area contributed by atoms with Crippen molar-refractivity contribution in [1.29, 1.82) is 0 Å². The highest BCUT2D eigenvalue weighted by molar-refractivity contribution is 5.79. The van der Waals surface area contributed by atoms with Gasteiger partial charge in [0.2, 0.25) is 0 Å². The van der Waals surface area contributed by atoms with Gasteiger partial charge in [0.05, 0.1) is 0 Å². The molecule has 0 amide bonds. The van der Waals surface area contributed by atoms with Crippen LogP contribution in [0.4, 0.5) is 0 Å². The fourth-order valence-electron chi connectivity index (χ4n) is 3.24. The van der Waals surface area contributed by atoms with Gasteiger partial charge in [-0.3, -0.25) is 4.99 Å². The number of likely N-dealkylation sites (N-methyl/N-ethyl adjacent to an activating group) is 1. The van der Waals surface area contributed by atoms with E-state index in [1.807, 2.05) is 7.05 Å². The summed E-state index contributed by atoms with van der Waals surface area (Å²) in [5.74, 6) is 1.72. The lowest BCUT2D eigenvalue weighted by Gasteiger charge is -2.21. The molecule has 5 heteroatoms.